The molecule has 1 atom stereocenters. The van der Waals surface area contributed by atoms with E-state index >= 15 is 0 Å². The Morgan fingerprint density at radius 2 is 2.07 bits per heavy atom. The molecule has 27 heavy (non-hydrogen) atoms. The maximum Gasteiger partial charge on any atom is 0.274 e. The van der Waals surface area contributed by atoms with E-state index in [4.69, 9.17) is 0 Å². The Hall–Kier alpha value is -2.21. The maximum absolute atomic E-state index is 13.3. The molecule has 4 rings (SSSR count). The summed E-state index contributed by atoms with van der Waals surface area (Å²) in [5.74, 6) is 0.354. The molecule has 144 valence electrons. The normalized spacial score (nSPS) is 21.4. The maximum atomic E-state index is 13.3. The van der Waals surface area contributed by atoms with Crippen LogP contribution in [0.3, 0.4) is 0 Å². The van der Waals surface area contributed by atoms with Gasteiger partial charge in [-0.05, 0) is 68.3 Å². The van der Waals surface area contributed by atoms with E-state index < -0.39 is 0 Å². The van der Waals surface area contributed by atoms with Crippen LogP contribution in [0.25, 0.3) is 0 Å². The van der Waals surface area contributed by atoms with Crippen molar-refractivity contribution in [1.29, 1.82) is 0 Å². The number of halogens is 1. The van der Waals surface area contributed by atoms with E-state index in [9.17, 15) is 9.18 Å². The van der Waals surface area contributed by atoms with E-state index in [1.165, 1.54) is 6.07 Å². The first kappa shape index (κ1) is 18.2. The van der Waals surface area contributed by atoms with Crippen molar-refractivity contribution < 1.29 is 9.18 Å². The van der Waals surface area contributed by atoms with Gasteiger partial charge in [0.15, 0.2) is 0 Å². The van der Waals surface area contributed by atoms with Crippen LogP contribution in [0.2, 0.25) is 0 Å². The van der Waals surface area contributed by atoms with Gasteiger partial charge in [-0.2, -0.15) is 5.10 Å². The summed E-state index contributed by atoms with van der Waals surface area (Å²) in [5, 5.41) is 7.93. The van der Waals surface area contributed by atoms with Crippen LogP contribution in [0.15, 0.2) is 36.5 Å². The Kier molecular flexibility index (Phi) is 5.53. The molecule has 1 aromatic heterocycles. The van der Waals surface area contributed by atoms with Crippen LogP contribution >= 0.6 is 0 Å². The first-order valence-electron chi connectivity index (χ1n) is 9.98. The zero-order valence-electron chi connectivity index (χ0n) is 15.6. The number of benzene rings is 1. The van der Waals surface area contributed by atoms with Gasteiger partial charge in [-0.1, -0.05) is 12.1 Å². The quantitative estimate of drug-likeness (QED) is 0.900. The number of rotatable bonds is 4. The number of nitrogens with one attached hydrogen (secondary N) is 1. The molecule has 2 fully saturated rings. The van der Waals surface area contributed by atoms with E-state index in [2.05, 4.69) is 10.4 Å². The average molecular weight is 370 g/mol. The molecule has 1 unspecified atom stereocenters. The molecular formula is C21H27FN4O. The fourth-order valence-electron chi connectivity index (χ4n) is 4.21. The van der Waals surface area contributed by atoms with E-state index in [-0.39, 0.29) is 11.7 Å². The molecule has 1 N–H and O–H groups in total. The molecule has 1 aromatic carbocycles. The number of amides is 1. The van der Waals surface area contributed by atoms with Gasteiger partial charge < -0.3 is 10.2 Å². The summed E-state index contributed by atoms with van der Waals surface area (Å²) >= 11 is 0. The van der Waals surface area contributed by atoms with Crippen molar-refractivity contribution in [2.45, 2.75) is 38.1 Å². The summed E-state index contributed by atoms with van der Waals surface area (Å²) in [7, 11) is 0. The van der Waals surface area contributed by atoms with Crippen molar-refractivity contribution in [3.63, 3.8) is 0 Å². The molecule has 0 radical (unpaired) electrons. The number of hydrogen-bond acceptors (Lipinski definition) is 3. The Bertz CT molecular complexity index is 776. The smallest absolute Gasteiger partial charge is 0.274 e. The molecule has 0 spiro atoms. The van der Waals surface area contributed by atoms with Gasteiger partial charge in [-0.15, -0.1) is 0 Å². The van der Waals surface area contributed by atoms with Crippen molar-refractivity contribution in [2.24, 2.45) is 5.92 Å². The van der Waals surface area contributed by atoms with Crippen LogP contribution in [-0.4, -0.2) is 46.8 Å². The Balaban J connectivity index is 1.31. The summed E-state index contributed by atoms with van der Waals surface area (Å²) in [5.41, 5.74) is 1.59. The van der Waals surface area contributed by atoms with Crippen LogP contribution < -0.4 is 5.32 Å². The van der Waals surface area contributed by atoms with Gasteiger partial charge in [-0.25, -0.2) is 4.39 Å². The largest absolute Gasteiger partial charge is 0.337 e. The highest BCUT2D eigenvalue weighted by Crippen LogP contribution is 2.23. The van der Waals surface area contributed by atoms with Gasteiger partial charge in [0.25, 0.3) is 5.91 Å². The fraction of sp³-hybridized carbons (Fsp3) is 0.524. The molecule has 0 bridgehead atoms. The van der Waals surface area contributed by atoms with Gasteiger partial charge in [0.2, 0.25) is 0 Å². The lowest BCUT2D eigenvalue weighted by Gasteiger charge is -2.31. The summed E-state index contributed by atoms with van der Waals surface area (Å²) < 4.78 is 15.3. The summed E-state index contributed by atoms with van der Waals surface area (Å²) in [6.45, 7) is 3.47. The van der Waals surface area contributed by atoms with Crippen molar-refractivity contribution in [3.05, 3.63) is 53.6 Å². The first-order chi connectivity index (χ1) is 13.2. The van der Waals surface area contributed by atoms with E-state index in [0.717, 1.165) is 63.8 Å². The molecule has 2 aliphatic heterocycles. The fourth-order valence-corrected chi connectivity index (χ4v) is 4.21. The standard InChI is InChI=1S/C21H27FN4O/c22-18-4-1-3-17(14-18)13-16-6-10-25(11-7-16)21(27)20-8-12-26(24-20)19-5-2-9-23-15-19/h1,3-4,8,12,14,16,19,23H,2,5-7,9-11,13,15H2. The summed E-state index contributed by atoms with van der Waals surface area (Å²) in [4.78, 5) is 14.7. The minimum Gasteiger partial charge on any atom is -0.337 e. The molecule has 5 nitrogen and oxygen atoms in total. The Morgan fingerprint density at radius 3 is 2.81 bits per heavy atom. The minimum absolute atomic E-state index is 0.0294. The van der Waals surface area contributed by atoms with Crippen LogP contribution in [0.4, 0.5) is 4.39 Å². The highest BCUT2D eigenvalue weighted by atomic mass is 19.1. The number of nitrogens with zero attached hydrogens (tertiary/aromatic N) is 3. The third-order valence-electron chi connectivity index (χ3n) is 5.79. The van der Waals surface area contributed by atoms with Gasteiger partial charge >= 0.3 is 0 Å². The van der Waals surface area contributed by atoms with Gasteiger partial charge in [0.1, 0.15) is 11.5 Å². The number of carbonyl (C=O) groups is 1. The van der Waals surface area contributed by atoms with Crippen LogP contribution in [0.1, 0.15) is 47.8 Å². The van der Waals surface area contributed by atoms with E-state index in [1.807, 2.05) is 27.9 Å². The Morgan fingerprint density at radius 1 is 1.22 bits per heavy atom. The molecule has 1 amide bonds. The molecule has 3 heterocycles. The van der Waals surface area contributed by atoms with E-state index in [0.29, 0.717) is 17.7 Å². The molecule has 0 aliphatic carbocycles. The molecule has 2 aliphatic rings. The predicted octanol–water partition coefficient (Wildman–Crippen LogP) is 3.04. The number of hydrogen-bond donors (Lipinski definition) is 1. The highest BCUT2D eigenvalue weighted by molar-refractivity contribution is 5.92. The summed E-state index contributed by atoms with van der Waals surface area (Å²) in [6, 6.07) is 9.03. The number of piperidine rings is 2. The number of likely N-dealkylation sites (tertiary alicyclic amines) is 1. The lowest BCUT2D eigenvalue weighted by Crippen LogP contribution is -2.39. The van der Waals surface area contributed by atoms with Crippen molar-refractivity contribution in [3.8, 4) is 0 Å². The number of carbonyl (C=O) groups excluding carboxylic acids is 1. The topological polar surface area (TPSA) is 50.2 Å². The van der Waals surface area contributed by atoms with Crippen molar-refractivity contribution >= 4 is 5.91 Å². The second kappa shape index (κ2) is 8.21. The van der Waals surface area contributed by atoms with Gasteiger partial charge in [0, 0.05) is 25.8 Å². The molecule has 0 saturated carbocycles. The minimum atomic E-state index is -0.177. The monoisotopic (exact) mass is 370 g/mol. The zero-order chi connectivity index (χ0) is 18.6. The lowest BCUT2D eigenvalue weighted by molar-refractivity contribution is 0.0683. The third-order valence-corrected chi connectivity index (χ3v) is 5.79. The van der Waals surface area contributed by atoms with Gasteiger partial charge in [-0.3, -0.25) is 9.48 Å². The first-order valence-corrected chi connectivity index (χ1v) is 9.98. The molecular weight excluding hydrogens is 343 g/mol. The average Bonchev–Trinajstić information content (AvgIpc) is 3.19. The Labute approximate surface area is 159 Å². The highest BCUT2D eigenvalue weighted by Gasteiger charge is 2.26. The van der Waals surface area contributed by atoms with Crippen LogP contribution in [-0.2, 0) is 6.42 Å². The second-order valence-corrected chi connectivity index (χ2v) is 7.75. The van der Waals surface area contributed by atoms with Crippen molar-refractivity contribution in [1.82, 2.24) is 20.0 Å². The van der Waals surface area contributed by atoms with Gasteiger partial charge in [0.05, 0.1) is 6.04 Å². The van der Waals surface area contributed by atoms with Crippen LogP contribution in [0.5, 0.6) is 0 Å². The molecule has 6 heteroatoms. The number of aromatic nitrogens is 2. The predicted molar refractivity (Wildman–Crippen MR) is 102 cm³/mol. The molecule has 2 saturated heterocycles. The van der Waals surface area contributed by atoms with E-state index in [1.54, 1.807) is 12.1 Å². The second-order valence-electron chi connectivity index (χ2n) is 7.75. The molecule has 2 aromatic rings. The lowest BCUT2D eigenvalue weighted by atomic mass is 9.90. The van der Waals surface area contributed by atoms with Crippen molar-refractivity contribution in [2.75, 3.05) is 26.2 Å². The summed E-state index contributed by atoms with van der Waals surface area (Å²) in [6.07, 6.45) is 6.97. The zero-order valence-corrected chi connectivity index (χ0v) is 15.6. The van der Waals surface area contributed by atoms with Crippen LogP contribution in [0, 0.1) is 11.7 Å². The third kappa shape index (κ3) is 4.38. The SMILES string of the molecule is O=C(c1ccn(C2CCCNC2)n1)N1CCC(Cc2cccc(F)c2)CC1.